The van der Waals surface area contributed by atoms with Crippen LogP contribution < -0.4 is 20.5 Å². The molecule has 0 radical (unpaired) electrons. The van der Waals surface area contributed by atoms with E-state index in [-0.39, 0.29) is 17.6 Å². The minimum absolute atomic E-state index is 0.122. The zero-order chi connectivity index (χ0) is 17.5. The number of amidine groups is 1. The summed E-state index contributed by atoms with van der Waals surface area (Å²) in [4.78, 5) is 16.6. The number of carbonyl (C=O) groups is 1. The van der Waals surface area contributed by atoms with Gasteiger partial charge in [-0.05, 0) is 30.3 Å². The third-order valence-electron chi connectivity index (χ3n) is 3.17. The molecule has 0 atom stereocenters. The van der Waals surface area contributed by atoms with Crippen LogP contribution in [0.25, 0.3) is 0 Å². The molecule has 0 saturated heterocycles. The number of hydrogen-bond acceptors (Lipinski definition) is 4. The Hall–Kier alpha value is -2.73. The zero-order valence-corrected chi connectivity index (χ0v) is 14.1. The summed E-state index contributed by atoms with van der Waals surface area (Å²) in [5.74, 6) is 1.24. The summed E-state index contributed by atoms with van der Waals surface area (Å²) in [5.41, 5.74) is 7.11. The normalized spacial score (nSPS) is 11.0. The summed E-state index contributed by atoms with van der Waals surface area (Å²) in [6.07, 6.45) is 0. The molecule has 3 N–H and O–H groups in total. The number of methoxy groups -OCH3 is 2. The minimum atomic E-state index is -0.303. The number of hydrogen-bond donors (Lipinski definition) is 2. The number of anilines is 1. The molecule has 0 saturated carbocycles. The van der Waals surface area contributed by atoms with Crippen LogP contribution in [0.3, 0.4) is 0 Å². The summed E-state index contributed by atoms with van der Waals surface area (Å²) < 4.78 is 10.4. The van der Waals surface area contributed by atoms with Gasteiger partial charge in [-0.2, -0.15) is 0 Å². The fourth-order valence-corrected chi connectivity index (χ4v) is 2.08. The molecule has 0 aliphatic rings. The highest BCUT2D eigenvalue weighted by Crippen LogP contribution is 2.29. The number of nitrogens with two attached hydrogens (primary N) is 1. The first kappa shape index (κ1) is 17.6. The first-order valence-electron chi connectivity index (χ1n) is 7.09. The van der Waals surface area contributed by atoms with Crippen molar-refractivity contribution >= 4 is 34.7 Å². The molecule has 0 heterocycles. The summed E-state index contributed by atoms with van der Waals surface area (Å²) in [7, 11) is 3.08. The van der Waals surface area contributed by atoms with Crippen molar-refractivity contribution < 1.29 is 14.3 Å². The highest BCUT2D eigenvalue weighted by Gasteiger charge is 2.11. The average molecular weight is 348 g/mol. The van der Waals surface area contributed by atoms with E-state index in [1.54, 1.807) is 49.6 Å². The number of benzene rings is 2. The van der Waals surface area contributed by atoms with Gasteiger partial charge in [-0.3, -0.25) is 4.79 Å². The number of rotatable bonds is 6. The standard InChI is InChI=1S/C17H18ClN3O3/c1-23-13-6-7-15(24-2)14(9-13)21-17(22)11-4-3-5-12(8-11)20-16(19)10-18/h3-9H,10H2,1-2H3,(H2,19,20)(H,21,22). The molecule has 1 amide bonds. The van der Waals surface area contributed by atoms with Gasteiger partial charge in [-0.25, -0.2) is 4.99 Å². The Balaban J connectivity index is 2.26. The Labute approximate surface area is 145 Å². The molecule has 0 aromatic heterocycles. The van der Waals surface area contributed by atoms with Crippen molar-refractivity contribution in [3.63, 3.8) is 0 Å². The van der Waals surface area contributed by atoms with Gasteiger partial charge >= 0.3 is 0 Å². The maximum atomic E-state index is 12.5. The summed E-state index contributed by atoms with van der Waals surface area (Å²) in [6.45, 7) is 0. The fraction of sp³-hybridized carbons (Fsp3) is 0.176. The van der Waals surface area contributed by atoms with Crippen molar-refractivity contribution in [3.8, 4) is 11.5 Å². The van der Waals surface area contributed by atoms with Crippen LogP contribution in [0.4, 0.5) is 11.4 Å². The molecule has 24 heavy (non-hydrogen) atoms. The molecule has 6 nitrogen and oxygen atoms in total. The predicted molar refractivity (Wildman–Crippen MR) is 95.9 cm³/mol. The number of carbonyl (C=O) groups excluding carboxylic acids is 1. The second-order valence-electron chi connectivity index (χ2n) is 4.81. The lowest BCUT2D eigenvalue weighted by atomic mass is 10.1. The molecular weight excluding hydrogens is 330 g/mol. The topological polar surface area (TPSA) is 85.9 Å². The van der Waals surface area contributed by atoms with Crippen LogP contribution in [0.5, 0.6) is 11.5 Å². The van der Waals surface area contributed by atoms with Crippen molar-refractivity contribution in [2.45, 2.75) is 0 Å². The number of ether oxygens (including phenoxy) is 2. The number of aliphatic imine (C=N–C) groups is 1. The quantitative estimate of drug-likeness (QED) is 0.477. The third kappa shape index (κ3) is 4.39. The molecule has 0 bridgehead atoms. The third-order valence-corrected chi connectivity index (χ3v) is 3.45. The summed E-state index contributed by atoms with van der Waals surface area (Å²) >= 11 is 5.61. The minimum Gasteiger partial charge on any atom is -0.497 e. The average Bonchev–Trinajstić information content (AvgIpc) is 2.61. The van der Waals surface area contributed by atoms with Crippen molar-refractivity contribution in [1.29, 1.82) is 0 Å². The van der Waals surface area contributed by atoms with E-state index >= 15 is 0 Å². The van der Waals surface area contributed by atoms with Gasteiger partial charge in [0.1, 0.15) is 17.3 Å². The van der Waals surface area contributed by atoms with Gasteiger partial charge in [0.05, 0.1) is 31.5 Å². The van der Waals surface area contributed by atoms with Gasteiger partial charge in [0.15, 0.2) is 0 Å². The molecule has 126 valence electrons. The van der Waals surface area contributed by atoms with Gasteiger partial charge in [-0.1, -0.05) is 6.07 Å². The Morgan fingerprint density at radius 3 is 2.67 bits per heavy atom. The first-order valence-corrected chi connectivity index (χ1v) is 7.63. The van der Waals surface area contributed by atoms with E-state index in [2.05, 4.69) is 10.3 Å². The van der Waals surface area contributed by atoms with Crippen LogP contribution in [0.2, 0.25) is 0 Å². The Morgan fingerprint density at radius 2 is 2.00 bits per heavy atom. The Bertz CT molecular complexity index is 762. The molecule has 0 fully saturated rings. The smallest absolute Gasteiger partial charge is 0.255 e. The fourth-order valence-electron chi connectivity index (χ4n) is 2.02. The van der Waals surface area contributed by atoms with Crippen LogP contribution in [-0.4, -0.2) is 31.8 Å². The lowest BCUT2D eigenvalue weighted by molar-refractivity contribution is 0.102. The van der Waals surface area contributed by atoms with Crippen LogP contribution in [-0.2, 0) is 0 Å². The molecule has 0 unspecified atom stereocenters. The number of halogens is 1. The van der Waals surface area contributed by atoms with Crippen LogP contribution >= 0.6 is 11.6 Å². The molecule has 2 rings (SSSR count). The van der Waals surface area contributed by atoms with E-state index in [0.29, 0.717) is 28.4 Å². The zero-order valence-electron chi connectivity index (χ0n) is 13.4. The predicted octanol–water partition coefficient (Wildman–Crippen LogP) is 3.18. The molecule has 0 spiro atoms. The molecule has 0 aliphatic heterocycles. The Kier molecular flexibility index (Phi) is 6.03. The SMILES string of the molecule is COc1ccc(OC)c(NC(=O)c2cccc(N=C(N)CCl)c2)c1. The van der Waals surface area contributed by atoms with Gasteiger partial charge in [-0.15, -0.1) is 11.6 Å². The van der Waals surface area contributed by atoms with Crippen LogP contribution in [0.15, 0.2) is 47.5 Å². The largest absolute Gasteiger partial charge is 0.497 e. The Morgan fingerprint density at radius 1 is 1.21 bits per heavy atom. The van der Waals surface area contributed by atoms with Crippen molar-refractivity contribution in [2.24, 2.45) is 10.7 Å². The second kappa shape index (κ2) is 8.21. The number of nitrogens with one attached hydrogen (secondary N) is 1. The highest BCUT2D eigenvalue weighted by atomic mass is 35.5. The number of alkyl halides is 1. The van der Waals surface area contributed by atoms with E-state index in [1.807, 2.05) is 0 Å². The monoisotopic (exact) mass is 347 g/mol. The lowest BCUT2D eigenvalue weighted by Crippen LogP contribution is -2.13. The summed E-state index contributed by atoms with van der Waals surface area (Å²) in [6, 6.07) is 11.9. The molecule has 7 heteroatoms. The first-order chi connectivity index (χ1) is 11.6. The van der Waals surface area contributed by atoms with E-state index in [1.165, 1.54) is 7.11 Å². The summed E-state index contributed by atoms with van der Waals surface area (Å²) in [5, 5.41) is 2.80. The maximum absolute atomic E-state index is 12.5. The van der Waals surface area contributed by atoms with Crippen LogP contribution in [0.1, 0.15) is 10.4 Å². The molecular formula is C17H18ClN3O3. The van der Waals surface area contributed by atoms with Crippen LogP contribution in [0, 0.1) is 0 Å². The highest BCUT2D eigenvalue weighted by molar-refractivity contribution is 6.28. The molecule has 2 aromatic carbocycles. The van der Waals surface area contributed by atoms with E-state index in [0.717, 1.165) is 0 Å². The van der Waals surface area contributed by atoms with Gasteiger partial charge in [0.2, 0.25) is 0 Å². The molecule has 2 aromatic rings. The van der Waals surface area contributed by atoms with Crippen molar-refractivity contribution in [2.75, 3.05) is 25.4 Å². The van der Waals surface area contributed by atoms with E-state index < -0.39 is 0 Å². The lowest BCUT2D eigenvalue weighted by Gasteiger charge is -2.12. The molecule has 0 aliphatic carbocycles. The van der Waals surface area contributed by atoms with Crippen molar-refractivity contribution in [3.05, 3.63) is 48.0 Å². The maximum Gasteiger partial charge on any atom is 0.255 e. The second-order valence-corrected chi connectivity index (χ2v) is 5.07. The van der Waals surface area contributed by atoms with Gasteiger partial charge < -0.3 is 20.5 Å². The number of nitrogens with zero attached hydrogens (tertiary/aromatic N) is 1. The van der Waals surface area contributed by atoms with E-state index in [9.17, 15) is 4.79 Å². The number of amides is 1. The van der Waals surface area contributed by atoms with Crippen molar-refractivity contribution in [1.82, 2.24) is 0 Å². The van der Waals surface area contributed by atoms with Gasteiger partial charge in [0, 0.05) is 11.6 Å². The van der Waals surface area contributed by atoms with Gasteiger partial charge in [0.25, 0.3) is 5.91 Å². The van der Waals surface area contributed by atoms with E-state index in [4.69, 9.17) is 26.8 Å².